The van der Waals surface area contributed by atoms with Crippen LogP contribution in [0.1, 0.15) is 35.3 Å². The zero-order valence-corrected chi connectivity index (χ0v) is 24.5. The minimum absolute atomic E-state index is 0.156. The summed E-state index contributed by atoms with van der Waals surface area (Å²) < 4.78 is 16.7. The molecule has 3 amide bonds. The van der Waals surface area contributed by atoms with E-state index in [2.05, 4.69) is 22.1 Å². The second-order valence-electron chi connectivity index (χ2n) is 10.2. The number of ether oxygens (including phenoxy) is 3. The van der Waals surface area contributed by atoms with Crippen molar-refractivity contribution in [2.75, 3.05) is 46.3 Å². The Kier molecular flexibility index (Phi) is 9.89. The van der Waals surface area contributed by atoms with Crippen molar-refractivity contribution < 1.29 is 28.9 Å². The van der Waals surface area contributed by atoms with Crippen LogP contribution in [0.4, 0.5) is 10.5 Å². The molecular formula is C32H36N4O6. The monoisotopic (exact) mass is 572 g/mol. The van der Waals surface area contributed by atoms with Gasteiger partial charge < -0.3 is 34.4 Å². The van der Waals surface area contributed by atoms with Crippen LogP contribution in [0, 0.1) is 17.8 Å². The Morgan fingerprint density at radius 3 is 2.55 bits per heavy atom. The molecule has 10 heteroatoms. The number of methoxy groups -OCH3 is 2. The van der Waals surface area contributed by atoms with Gasteiger partial charge in [0.25, 0.3) is 5.91 Å². The van der Waals surface area contributed by atoms with Crippen molar-refractivity contribution in [2.24, 2.45) is 5.92 Å². The summed E-state index contributed by atoms with van der Waals surface area (Å²) in [6.45, 7) is 4.08. The van der Waals surface area contributed by atoms with Gasteiger partial charge in [-0.05, 0) is 49.4 Å². The number of carbonyl (C=O) groups is 2. The van der Waals surface area contributed by atoms with Crippen molar-refractivity contribution in [3.05, 3.63) is 77.5 Å². The van der Waals surface area contributed by atoms with Gasteiger partial charge in [0.05, 0.1) is 33.4 Å². The standard InChI is InChI=1S/C32H36N4O6/c1-21-18-36(22(2)20-37)31(38)28-15-24(10-9-23-11-13-26(40-4)14-12-23)17-33-30(28)42-29(21)19-35(3)32(39)34-25-7-6-8-27(16-25)41-5/h6-8,11-17,21-22,29,37H,18-20H2,1-5H3,(H,34,39)/t21-,22+,29+/m0/s1. The average Bonchev–Trinajstić information content (AvgIpc) is 3.01. The second-order valence-corrected chi connectivity index (χ2v) is 10.2. The number of rotatable bonds is 7. The van der Waals surface area contributed by atoms with E-state index in [1.165, 1.54) is 4.90 Å². The number of hydrogen-bond donors (Lipinski definition) is 2. The van der Waals surface area contributed by atoms with Crippen LogP contribution >= 0.6 is 0 Å². The first-order valence-corrected chi connectivity index (χ1v) is 13.6. The molecule has 0 unspecified atom stereocenters. The van der Waals surface area contributed by atoms with E-state index in [9.17, 15) is 14.7 Å². The number of nitrogens with zero attached hydrogens (tertiary/aromatic N) is 3. The minimum Gasteiger partial charge on any atom is -0.497 e. The summed E-state index contributed by atoms with van der Waals surface area (Å²) in [7, 11) is 4.84. The van der Waals surface area contributed by atoms with E-state index in [0.29, 0.717) is 23.5 Å². The fourth-order valence-electron chi connectivity index (χ4n) is 4.48. The van der Waals surface area contributed by atoms with Gasteiger partial charge in [-0.3, -0.25) is 4.79 Å². The Morgan fingerprint density at radius 2 is 1.86 bits per heavy atom. The van der Waals surface area contributed by atoms with Gasteiger partial charge in [-0.2, -0.15) is 0 Å². The van der Waals surface area contributed by atoms with Gasteiger partial charge in [0.15, 0.2) is 0 Å². The quantitative estimate of drug-likeness (QED) is 0.413. The number of anilines is 1. The number of nitrogens with one attached hydrogen (secondary N) is 1. The Balaban J connectivity index is 1.59. The normalized spacial score (nSPS) is 16.9. The third-order valence-corrected chi connectivity index (χ3v) is 7.08. The molecule has 3 atom stereocenters. The van der Waals surface area contributed by atoms with E-state index in [0.717, 1.165) is 11.3 Å². The summed E-state index contributed by atoms with van der Waals surface area (Å²) in [4.78, 5) is 34.3. The maximum Gasteiger partial charge on any atom is 0.321 e. The van der Waals surface area contributed by atoms with Crippen LogP contribution in [0.2, 0.25) is 0 Å². The molecule has 1 aliphatic heterocycles. The summed E-state index contributed by atoms with van der Waals surface area (Å²) >= 11 is 0. The Hall–Kier alpha value is -4.75. The molecule has 2 heterocycles. The Morgan fingerprint density at radius 1 is 1.14 bits per heavy atom. The molecule has 3 aromatic rings. The summed E-state index contributed by atoms with van der Waals surface area (Å²) in [5.41, 5.74) is 2.17. The lowest BCUT2D eigenvalue weighted by atomic mass is 10.00. The molecule has 1 aliphatic rings. The molecule has 0 bridgehead atoms. The van der Waals surface area contributed by atoms with Gasteiger partial charge in [0.2, 0.25) is 5.88 Å². The number of amides is 3. The highest BCUT2D eigenvalue weighted by Crippen LogP contribution is 2.27. The smallest absolute Gasteiger partial charge is 0.321 e. The maximum absolute atomic E-state index is 13.7. The van der Waals surface area contributed by atoms with Gasteiger partial charge in [-0.15, -0.1) is 0 Å². The van der Waals surface area contributed by atoms with Gasteiger partial charge in [0, 0.05) is 48.6 Å². The molecule has 0 saturated carbocycles. The van der Waals surface area contributed by atoms with Crippen LogP contribution in [0.15, 0.2) is 60.8 Å². The molecule has 0 radical (unpaired) electrons. The molecule has 10 nitrogen and oxygen atoms in total. The lowest BCUT2D eigenvalue weighted by molar-refractivity contribution is 0.0356. The highest BCUT2D eigenvalue weighted by molar-refractivity contribution is 5.97. The molecule has 1 aromatic heterocycles. The first-order valence-electron chi connectivity index (χ1n) is 13.6. The highest BCUT2D eigenvalue weighted by atomic mass is 16.5. The average molecular weight is 573 g/mol. The van der Waals surface area contributed by atoms with Crippen LogP contribution < -0.4 is 19.5 Å². The van der Waals surface area contributed by atoms with E-state index in [-0.39, 0.29) is 42.5 Å². The molecule has 220 valence electrons. The van der Waals surface area contributed by atoms with Gasteiger partial charge in [-0.1, -0.05) is 24.8 Å². The molecular weight excluding hydrogens is 536 g/mol. The Bertz CT molecular complexity index is 1470. The van der Waals surface area contributed by atoms with E-state index < -0.39 is 12.1 Å². The van der Waals surface area contributed by atoms with Crippen LogP contribution in [0.3, 0.4) is 0 Å². The number of aliphatic hydroxyl groups is 1. The summed E-state index contributed by atoms with van der Waals surface area (Å²) in [5.74, 6) is 7.17. The maximum atomic E-state index is 13.7. The van der Waals surface area contributed by atoms with Crippen LogP contribution in [0.25, 0.3) is 0 Å². The molecule has 42 heavy (non-hydrogen) atoms. The van der Waals surface area contributed by atoms with E-state index in [1.807, 2.05) is 31.2 Å². The fourth-order valence-corrected chi connectivity index (χ4v) is 4.48. The van der Waals surface area contributed by atoms with Crippen LogP contribution in [-0.2, 0) is 0 Å². The van der Waals surface area contributed by atoms with Crippen LogP contribution in [0.5, 0.6) is 17.4 Å². The number of benzene rings is 2. The van der Waals surface area contributed by atoms with E-state index >= 15 is 0 Å². The van der Waals surface area contributed by atoms with Crippen molar-refractivity contribution >= 4 is 17.6 Å². The summed E-state index contributed by atoms with van der Waals surface area (Å²) in [6, 6.07) is 15.3. The van der Waals surface area contributed by atoms with Gasteiger partial charge >= 0.3 is 6.03 Å². The number of carbonyl (C=O) groups excluding carboxylic acids is 2. The third kappa shape index (κ3) is 7.30. The lowest BCUT2D eigenvalue weighted by Crippen LogP contribution is -2.50. The molecule has 2 aromatic carbocycles. The van der Waals surface area contributed by atoms with Crippen molar-refractivity contribution in [3.63, 3.8) is 0 Å². The summed E-state index contributed by atoms with van der Waals surface area (Å²) in [6.07, 6.45) is 1.07. The predicted molar refractivity (Wildman–Crippen MR) is 159 cm³/mol. The molecule has 0 fully saturated rings. The SMILES string of the molecule is COc1ccc(C#Cc2cnc3c(c2)C(=O)N([C@H](C)CO)C[C@H](C)[C@@H](CN(C)C(=O)Nc2cccc(OC)c2)O3)cc1. The van der Waals surface area contributed by atoms with Gasteiger partial charge in [0.1, 0.15) is 23.2 Å². The number of aromatic nitrogens is 1. The highest BCUT2D eigenvalue weighted by Gasteiger charge is 2.34. The molecule has 4 rings (SSSR count). The Labute approximate surface area is 246 Å². The molecule has 0 aliphatic carbocycles. The number of fused-ring (bicyclic) bond motifs is 1. The number of hydrogen-bond acceptors (Lipinski definition) is 7. The molecule has 2 N–H and O–H groups in total. The van der Waals surface area contributed by atoms with Crippen molar-refractivity contribution in [1.29, 1.82) is 0 Å². The van der Waals surface area contributed by atoms with Crippen LogP contribution in [-0.4, -0.2) is 84.9 Å². The predicted octanol–water partition coefficient (Wildman–Crippen LogP) is 3.88. The minimum atomic E-state index is -0.491. The fraction of sp³-hybridized carbons (Fsp3) is 0.344. The first kappa shape index (κ1) is 30.2. The first-order chi connectivity index (χ1) is 20.2. The zero-order valence-electron chi connectivity index (χ0n) is 24.5. The summed E-state index contributed by atoms with van der Waals surface area (Å²) in [5, 5.41) is 12.8. The van der Waals surface area contributed by atoms with E-state index in [4.69, 9.17) is 14.2 Å². The number of likely N-dealkylation sites (N-methyl/N-ethyl adjacent to an activating group) is 1. The van der Waals surface area contributed by atoms with Crippen molar-refractivity contribution in [1.82, 2.24) is 14.8 Å². The number of aliphatic hydroxyl groups excluding tert-OH is 1. The van der Waals surface area contributed by atoms with Gasteiger partial charge in [-0.25, -0.2) is 9.78 Å². The lowest BCUT2D eigenvalue weighted by Gasteiger charge is -2.37. The number of pyridine rings is 1. The third-order valence-electron chi connectivity index (χ3n) is 7.08. The topological polar surface area (TPSA) is 113 Å². The van der Waals surface area contributed by atoms with Crippen molar-refractivity contribution in [2.45, 2.75) is 26.0 Å². The van der Waals surface area contributed by atoms with Crippen molar-refractivity contribution in [3.8, 4) is 29.2 Å². The number of urea groups is 1. The zero-order chi connectivity index (χ0) is 30.2. The molecule has 0 spiro atoms. The largest absolute Gasteiger partial charge is 0.497 e. The molecule has 0 saturated heterocycles. The van der Waals surface area contributed by atoms with E-state index in [1.54, 1.807) is 69.6 Å². The second kappa shape index (κ2) is 13.7.